The molecule has 0 saturated heterocycles. The summed E-state index contributed by atoms with van der Waals surface area (Å²) >= 11 is 0. The molecular weight excluding hydrogens is 250 g/mol. The Morgan fingerprint density at radius 2 is 2.35 bits per heavy atom. The van der Waals surface area contributed by atoms with Crippen LogP contribution in [0.1, 0.15) is 42.5 Å². The van der Waals surface area contributed by atoms with Crippen LogP contribution in [0.5, 0.6) is 5.75 Å². The monoisotopic (exact) mass is 271 g/mol. The van der Waals surface area contributed by atoms with Gasteiger partial charge in [0.05, 0.1) is 6.20 Å². The van der Waals surface area contributed by atoms with Crippen molar-refractivity contribution in [3.63, 3.8) is 0 Å². The number of aromatic nitrogens is 2. The molecule has 1 atom stereocenters. The summed E-state index contributed by atoms with van der Waals surface area (Å²) in [6, 6.07) is 6.46. The van der Waals surface area contributed by atoms with Gasteiger partial charge in [0.2, 0.25) is 0 Å². The molecule has 4 heteroatoms. The Labute approximate surface area is 119 Å². The molecule has 0 radical (unpaired) electrons. The number of hydrogen-bond donors (Lipinski definition) is 1. The van der Waals surface area contributed by atoms with Gasteiger partial charge in [-0.05, 0) is 49.4 Å². The first-order chi connectivity index (χ1) is 9.76. The van der Waals surface area contributed by atoms with Gasteiger partial charge in [-0.15, -0.1) is 0 Å². The van der Waals surface area contributed by atoms with Crippen molar-refractivity contribution in [2.24, 2.45) is 5.73 Å². The second-order valence-electron chi connectivity index (χ2n) is 5.35. The summed E-state index contributed by atoms with van der Waals surface area (Å²) in [5, 5.41) is 4.25. The van der Waals surface area contributed by atoms with Crippen LogP contribution in [-0.4, -0.2) is 9.78 Å². The first-order valence-electron chi connectivity index (χ1n) is 7.29. The minimum atomic E-state index is 0.190. The maximum absolute atomic E-state index is 6.13. The molecule has 0 aliphatic heterocycles. The van der Waals surface area contributed by atoms with Crippen molar-refractivity contribution in [3.8, 4) is 5.75 Å². The molecule has 20 heavy (non-hydrogen) atoms. The standard InChI is InChI=1S/C16H21N3O/c1-2-19-10-12(9-18-19)11-20-14-6-7-15-13(8-14)4-3-5-16(15)17/h6-10,16H,2-5,11,17H2,1H3. The van der Waals surface area contributed by atoms with Crippen molar-refractivity contribution in [3.05, 3.63) is 47.3 Å². The summed E-state index contributed by atoms with van der Waals surface area (Å²) in [5.41, 5.74) is 9.84. The number of benzene rings is 1. The predicted octanol–water partition coefficient (Wildman–Crippen LogP) is 2.82. The number of rotatable bonds is 4. The Morgan fingerprint density at radius 1 is 1.45 bits per heavy atom. The van der Waals surface area contributed by atoms with Crippen molar-refractivity contribution in [1.82, 2.24) is 9.78 Å². The highest BCUT2D eigenvalue weighted by atomic mass is 16.5. The Kier molecular flexibility index (Phi) is 3.74. The number of hydrogen-bond acceptors (Lipinski definition) is 3. The molecule has 0 amide bonds. The Bertz CT molecular complexity index is 591. The molecule has 1 aromatic carbocycles. The molecule has 0 saturated carbocycles. The van der Waals surface area contributed by atoms with Crippen LogP contribution in [0.15, 0.2) is 30.6 Å². The van der Waals surface area contributed by atoms with Gasteiger partial charge in [0.15, 0.2) is 0 Å². The Balaban J connectivity index is 1.68. The van der Waals surface area contributed by atoms with Gasteiger partial charge in [-0.1, -0.05) is 6.07 Å². The molecule has 0 fully saturated rings. The first kappa shape index (κ1) is 13.2. The van der Waals surface area contributed by atoms with E-state index in [1.807, 2.05) is 23.1 Å². The van der Waals surface area contributed by atoms with Gasteiger partial charge in [0.25, 0.3) is 0 Å². The SMILES string of the molecule is CCn1cc(COc2ccc3c(c2)CCCC3N)cn1. The normalized spacial score (nSPS) is 17.8. The lowest BCUT2D eigenvalue weighted by Crippen LogP contribution is -2.17. The topological polar surface area (TPSA) is 53.1 Å². The van der Waals surface area contributed by atoms with Crippen LogP contribution in [0.2, 0.25) is 0 Å². The van der Waals surface area contributed by atoms with Crippen LogP contribution in [0.25, 0.3) is 0 Å². The lowest BCUT2D eigenvalue weighted by molar-refractivity contribution is 0.305. The third kappa shape index (κ3) is 2.70. The number of nitrogens with zero attached hydrogens (tertiary/aromatic N) is 2. The van der Waals surface area contributed by atoms with E-state index in [9.17, 15) is 0 Å². The molecule has 1 aliphatic carbocycles. The summed E-state index contributed by atoms with van der Waals surface area (Å²) in [6.45, 7) is 3.52. The molecule has 4 nitrogen and oxygen atoms in total. The van der Waals surface area contributed by atoms with E-state index in [0.29, 0.717) is 6.61 Å². The van der Waals surface area contributed by atoms with E-state index in [1.54, 1.807) is 0 Å². The van der Waals surface area contributed by atoms with E-state index in [1.165, 1.54) is 17.5 Å². The molecular formula is C16H21N3O. The number of fused-ring (bicyclic) bond motifs is 1. The fraction of sp³-hybridized carbons (Fsp3) is 0.438. The number of nitrogens with two attached hydrogens (primary N) is 1. The van der Waals surface area contributed by atoms with Crippen LogP contribution < -0.4 is 10.5 Å². The van der Waals surface area contributed by atoms with Crippen molar-refractivity contribution in [2.75, 3.05) is 0 Å². The summed E-state index contributed by atoms with van der Waals surface area (Å²) in [6.07, 6.45) is 7.24. The highest BCUT2D eigenvalue weighted by molar-refractivity contribution is 5.39. The van der Waals surface area contributed by atoms with Crippen LogP contribution >= 0.6 is 0 Å². The molecule has 106 valence electrons. The second kappa shape index (κ2) is 5.67. The summed E-state index contributed by atoms with van der Waals surface area (Å²) in [7, 11) is 0. The highest BCUT2D eigenvalue weighted by Crippen LogP contribution is 2.30. The predicted molar refractivity (Wildman–Crippen MR) is 78.5 cm³/mol. The number of ether oxygens (including phenoxy) is 1. The van der Waals surface area contributed by atoms with E-state index >= 15 is 0 Å². The van der Waals surface area contributed by atoms with Crippen LogP contribution in [0.4, 0.5) is 0 Å². The fourth-order valence-electron chi connectivity index (χ4n) is 2.74. The lowest BCUT2D eigenvalue weighted by Gasteiger charge is -2.22. The largest absolute Gasteiger partial charge is 0.489 e. The van der Waals surface area contributed by atoms with Crippen molar-refractivity contribution >= 4 is 0 Å². The molecule has 2 aromatic rings. The van der Waals surface area contributed by atoms with Gasteiger partial charge < -0.3 is 10.5 Å². The summed E-state index contributed by atoms with van der Waals surface area (Å²) in [4.78, 5) is 0. The third-order valence-corrected chi connectivity index (χ3v) is 3.89. The molecule has 0 spiro atoms. The molecule has 0 bridgehead atoms. The van der Waals surface area contributed by atoms with E-state index in [4.69, 9.17) is 10.5 Å². The molecule has 1 unspecified atom stereocenters. The maximum atomic E-state index is 6.13. The quantitative estimate of drug-likeness (QED) is 0.930. The molecule has 3 rings (SSSR count). The molecule has 1 aromatic heterocycles. The molecule has 1 heterocycles. The number of aryl methyl sites for hydroxylation is 2. The summed E-state index contributed by atoms with van der Waals surface area (Å²) in [5.74, 6) is 0.919. The maximum Gasteiger partial charge on any atom is 0.120 e. The smallest absolute Gasteiger partial charge is 0.120 e. The van der Waals surface area contributed by atoms with Gasteiger partial charge >= 0.3 is 0 Å². The Hall–Kier alpha value is -1.81. The lowest BCUT2D eigenvalue weighted by atomic mass is 9.88. The zero-order valence-corrected chi connectivity index (χ0v) is 11.9. The van der Waals surface area contributed by atoms with Gasteiger partial charge in [-0.2, -0.15) is 5.10 Å². The molecule has 1 aliphatic rings. The van der Waals surface area contributed by atoms with Gasteiger partial charge in [-0.3, -0.25) is 4.68 Å². The summed E-state index contributed by atoms with van der Waals surface area (Å²) < 4.78 is 7.76. The second-order valence-corrected chi connectivity index (χ2v) is 5.35. The van der Waals surface area contributed by atoms with Gasteiger partial charge in [0.1, 0.15) is 12.4 Å². The molecule has 2 N–H and O–H groups in total. The van der Waals surface area contributed by atoms with Crippen molar-refractivity contribution < 1.29 is 4.74 Å². The first-order valence-corrected chi connectivity index (χ1v) is 7.29. The van der Waals surface area contributed by atoms with Crippen LogP contribution in [0.3, 0.4) is 0 Å². The fourth-order valence-corrected chi connectivity index (χ4v) is 2.74. The van der Waals surface area contributed by atoms with Crippen molar-refractivity contribution in [2.45, 2.75) is 45.4 Å². The minimum Gasteiger partial charge on any atom is -0.489 e. The van der Waals surface area contributed by atoms with Crippen LogP contribution in [-0.2, 0) is 19.6 Å². The van der Waals surface area contributed by atoms with E-state index in [-0.39, 0.29) is 6.04 Å². The van der Waals surface area contributed by atoms with Gasteiger partial charge in [0, 0.05) is 24.3 Å². The Morgan fingerprint density at radius 3 is 3.15 bits per heavy atom. The van der Waals surface area contributed by atoms with Crippen molar-refractivity contribution in [1.29, 1.82) is 0 Å². The highest BCUT2D eigenvalue weighted by Gasteiger charge is 2.16. The zero-order chi connectivity index (χ0) is 13.9. The van der Waals surface area contributed by atoms with E-state index < -0.39 is 0 Å². The zero-order valence-electron chi connectivity index (χ0n) is 11.9. The van der Waals surface area contributed by atoms with E-state index in [0.717, 1.165) is 30.7 Å². The average molecular weight is 271 g/mol. The average Bonchev–Trinajstić information content (AvgIpc) is 2.93. The third-order valence-electron chi connectivity index (χ3n) is 3.89. The van der Waals surface area contributed by atoms with Crippen LogP contribution in [0, 0.1) is 0 Å². The minimum absolute atomic E-state index is 0.190. The van der Waals surface area contributed by atoms with Gasteiger partial charge in [-0.25, -0.2) is 0 Å². The van der Waals surface area contributed by atoms with E-state index in [2.05, 4.69) is 24.2 Å².